The third-order valence-corrected chi connectivity index (χ3v) is 4.72. The largest absolute Gasteiger partial charge is 0.0895 e. The summed E-state index contributed by atoms with van der Waals surface area (Å²) in [4.78, 5) is 2.73. The van der Waals surface area contributed by atoms with Gasteiger partial charge in [-0.25, -0.2) is 0 Å². The van der Waals surface area contributed by atoms with Crippen molar-refractivity contribution in [2.45, 2.75) is 43.9 Å². The van der Waals surface area contributed by atoms with Crippen LogP contribution in [0.15, 0.2) is 46.2 Å². The molecule has 0 aliphatic heterocycles. The number of rotatable bonds is 3. The Kier molecular flexibility index (Phi) is 4.13. The maximum absolute atomic E-state index is 2.32. The van der Waals surface area contributed by atoms with Crippen LogP contribution < -0.4 is 0 Å². The summed E-state index contributed by atoms with van der Waals surface area (Å²) < 4.78 is 0. The lowest BCUT2D eigenvalue weighted by Gasteiger charge is -2.16. The van der Waals surface area contributed by atoms with E-state index in [1.807, 2.05) is 11.8 Å². The van der Waals surface area contributed by atoms with Gasteiger partial charge in [-0.2, -0.15) is 0 Å². The van der Waals surface area contributed by atoms with Crippen LogP contribution in [0.3, 0.4) is 0 Å². The highest BCUT2D eigenvalue weighted by molar-refractivity contribution is 7.99. The van der Waals surface area contributed by atoms with Crippen LogP contribution in [0.2, 0.25) is 0 Å². The van der Waals surface area contributed by atoms with Crippen LogP contribution in [0.5, 0.6) is 0 Å². The van der Waals surface area contributed by atoms with E-state index in [4.69, 9.17) is 0 Å². The zero-order valence-corrected chi connectivity index (χ0v) is 12.4. The van der Waals surface area contributed by atoms with Gasteiger partial charge in [0.05, 0.1) is 0 Å². The van der Waals surface area contributed by atoms with Gasteiger partial charge in [-0.1, -0.05) is 43.0 Å². The highest BCUT2D eigenvalue weighted by atomic mass is 32.2. The molecule has 0 atom stereocenters. The van der Waals surface area contributed by atoms with Gasteiger partial charge >= 0.3 is 0 Å². The lowest BCUT2D eigenvalue weighted by Crippen LogP contribution is -1.96. The molecule has 0 aliphatic rings. The van der Waals surface area contributed by atoms with E-state index in [1.54, 1.807) is 0 Å². The van der Waals surface area contributed by atoms with Crippen LogP contribution in [0.4, 0.5) is 0 Å². The molecule has 0 heterocycles. The van der Waals surface area contributed by atoms with E-state index < -0.39 is 0 Å². The molecule has 0 amide bonds. The van der Waals surface area contributed by atoms with Crippen molar-refractivity contribution in [3.63, 3.8) is 0 Å². The summed E-state index contributed by atoms with van der Waals surface area (Å²) in [5, 5.41) is 0. The lowest BCUT2D eigenvalue weighted by atomic mass is 9.98. The topological polar surface area (TPSA) is 0 Å². The standard InChI is InChI=1S/C17H20S/c1-5-16-12(2)11-13(3)17(14(16)4)18-15-9-7-6-8-10-15/h6-11H,5H2,1-4H3. The molecule has 0 saturated carbocycles. The molecule has 2 rings (SSSR count). The Balaban J connectivity index is 2.45. The molecule has 0 aromatic heterocycles. The quantitative estimate of drug-likeness (QED) is 0.715. The number of hydrogen-bond donors (Lipinski definition) is 0. The van der Waals surface area contributed by atoms with Crippen LogP contribution in [0.1, 0.15) is 29.2 Å². The van der Waals surface area contributed by atoms with E-state index in [2.05, 4.69) is 64.1 Å². The highest BCUT2D eigenvalue weighted by Crippen LogP contribution is 2.35. The Bertz CT molecular complexity index is 541. The molecule has 18 heavy (non-hydrogen) atoms. The molecular weight excluding hydrogens is 236 g/mol. The molecule has 94 valence electrons. The van der Waals surface area contributed by atoms with Crippen molar-refractivity contribution in [2.75, 3.05) is 0 Å². The fourth-order valence-electron chi connectivity index (χ4n) is 2.51. The Morgan fingerprint density at radius 3 is 2.22 bits per heavy atom. The van der Waals surface area contributed by atoms with Crippen molar-refractivity contribution in [2.24, 2.45) is 0 Å². The molecule has 0 saturated heterocycles. The number of benzene rings is 2. The van der Waals surface area contributed by atoms with Gasteiger partial charge in [0.15, 0.2) is 0 Å². The van der Waals surface area contributed by atoms with Crippen LogP contribution in [-0.4, -0.2) is 0 Å². The molecule has 0 radical (unpaired) electrons. The molecule has 0 fully saturated rings. The van der Waals surface area contributed by atoms with Crippen molar-refractivity contribution in [1.82, 2.24) is 0 Å². The van der Waals surface area contributed by atoms with E-state index in [0.717, 1.165) is 6.42 Å². The van der Waals surface area contributed by atoms with E-state index >= 15 is 0 Å². The molecular formula is C17H20S. The van der Waals surface area contributed by atoms with Gasteiger partial charge < -0.3 is 0 Å². The van der Waals surface area contributed by atoms with Gasteiger partial charge in [-0.3, -0.25) is 0 Å². The second-order valence-electron chi connectivity index (χ2n) is 4.71. The van der Waals surface area contributed by atoms with Gasteiger partial charge in [-0.05, 0) is 61.6 Å². The Morgan fingerprint density at radius 1 is 0.944 bits per heavy atom. The van der Waals surface area contributed by atoms with Gasteiger partial charge in [0.1, 0.15) is 0 Å². The van der Waals surface area contributed by atoms with E-state index in [-0.39, 0.29) is 0 Å². The molecule has 1 heteroatoms. The van der Waals surface area contributed by atoms with Crippen molar-refractivity contribution in [1.29, 1.82) is 0 Å². The Hall–Kier alpha value is -1.21. The summed E-state index contributed by atoms with van der Waals surface area (Å²) in [5.74, 6) is 0. The van der Waals surface area contributed by atoms with Gasteiger partial charge in [0, 0.05) is 9.79 Å². The van der Waals surface area contributed by atoms with Crippen molar-refractivity contribution >= 4 is 11.8 Å². The lowest BCUT2D eigenvalue weighted by molar-refractivity contribution is 1.03. The zero-order valence-electron chi connectivity index (χ0n) is 11.6. The molecule has 0 N–H and O–H groups in total. The second-order valence-corrected chi connectivity index (χ2v) is 5.80. The summed E-state index contributed by atoms with van der Waals surface area (Å²) in [6, 6.07) is 12.9. The first-order chi connectivity index (χ1) is 8.63. The smallest absolute Gasteiger partial charge is 0.0183 e. The summed E-state index contributed by atoms with van der Waals surface area (Å²) in [6.45, 7) is 8.92. The average Bonchev–Trinajstić information content (AvgIpc) is 2.36. The predicted molar refractivity (Wildman–Crippen MR) is 80.6 cm³/mol. The maximum atomic E-state index is 2.32. The number of hydrogen-bond acceptors (Lipinski definition) is 1. The zero-order chi connectivity index (χ0) is 13.1. The molecule has 2 aromatic rings. The highest BCUT2D eigenvalue weighted by Gasteiger charge is 2.10. The Labute approximate surface area is 114 Å². The first-order valence-electron chi connectivity index (χ1n) is 6.46. The minimum absolute atomic E-state index is 1.11. The maximum Gasteiger partial charge on any atom is 0.0183 e. The normalized spacial score (nSPS) is 10.7. The van der Waals surface area contributed by atoms with E-state index in [0.29, 0.717) is 0 Å². The van der Waals surface area contributed by atoms with Crippen LogP contribution >= 0.6 is 11.8 Å². The van der Waals surface area contributed by atoms with Crippen LogP contribution in [-0.2, 0) is 6.42 Å². The second kappa shape index (κ2) is 5.62. The van der Waals surface area contributed by atoms with E-state index in [1.165, 1.54) is 32.0 Å². The van der Waals surface area contributed by atoms with Crippen LogP contribution in [0, 0.1) is 20.8 Å². The van der Waals surface area contributed by atoms with Gasteiger partial charge in [0.25, 0.3) is 0 Å². The minimum atomic E-state index is 1.11. The van der Waals surface area contributed by atoms with Crippen LogP contribution in [0.25, 0.3) is 0 Å². The van der Waals surface area contributed by atoms with Crippen molar-refractivity contribution in [3.05, 3.63) is 58.7 Å². The molecule has 0 spiro atoms. The van der Waals surface area contributed by atoms with Crippen molar-refractivity contribution < 1.29 is 0 Å². The summed E-state index contributed by atoms with van der Waals surface area (Å²) in [5.41, 5.74) is 5.75. The monoisotopic (exact) mass is 256 g/mol. The fraction of sp³-hybridized carbons (Fsp3) is 0.294. The predicted octanol–water partition coefficient (Wildman–Crippen LogP) is 5.33. The van der Waals surface area contributed by atoms with E-state index in [9.17, 15) is 0 Å². The van der Waals surface area contributed by atoms with Gasteiger partial charge in [-0.15, -0.1) is 0 Å². The summed E-state index contributed by atoms with van der Waals surface area (Å²) in [7, 11) is 0. The summed E-state index contributed by atoms with van der Waals surface area (Å²) in [6.07, 6.45) is 1.11. The van der Waals surface area contributed by atoms with Crippen molar-refractivity contribution in [3.8, 4) is 0 Å². The van der Waals surface area contributed by atoms with Gasteiger partial charge in [0.2, 0.25) is 0 Å². The first-order valence-corrected chi connectivity index (χ1v) is 7.27. The molecule has 0 aliphatic carbocycles. The molecule has 0 unspecified atom stereocenters. The Morgan fingerprint density at radius 2 is 1.61 bits per heavy atom. The fourth-order valence-corrected chi connectivity index (χ4v) is 3.54. The molecule has 0 nitrogen and oxygen atoms in total. The minimum Gasteiger partial charge on any atom is -0.0895 e. The SMILES string of the molecule is CCc1c(C)cc(C)c(Sc2ccccc2)c1C. The number of aryl methyl sites for hydroxylation is 2. The third-order valence-electron chi connectivity index (χ3n) is 3.38. The molecule has 2 aromatic carbocycles. The summed E-state index contributed by atoms with van der Waals surface area (Å²) >= 11 is 1.88. The first kappa shape index (κ1) is 13.2. The average molecular weight is 256 g/mol. The third kappa shape index (κ3) is 2.62. The molecule has 0 bridgehead atoms.